The summed E-state index contributed by atoms with van der Waals surface area (Å²) in [5, 5.41) is 3.47. The molecular formula is C14H20FNS. The van der Waals surface area contributed by atoms with Crippen molar-refractivity contribution < 1.29 is 4.39 Å². The van der Waals surface area contributed by atoms with E-state index in [1.54, 1.807) is 6.07 Å². The Bertz CT molecular complexity index is 394. The van der Waals surface area contributed by atoms with Crippen LogP contribution in [0.15, 0.2) is 23.1 Å². The van der Waals surface area contributed by atoms with Gasteiger partial charge in [-0.3, -0.25) is 0 Å². The van der Waals surface area contributed by atoms with Crippen LogP contribution in [0.3, 0.4) is 0 Å². The minimum absolute atomic E-state index is 0.0749. The average Bonchev–Trinajstić information content (AvgIpc) is 2.33. The fraction of sp³-hybridized carbons (Fsp3) is 0.571. The third kappa shape index (κ3) is 2.50. The van der Waals surface area contributed by atoms with Crippen LogP contribution in [-0.2, 0) is 0 Å². The molecule has 2 rings (SSSR count). The Labute approximate surface area is 107 Å². The zero-order valence-electron chi connectivity index (χ0n) is 10.7. The van der Waals surface area contributed by atoms with Gasteiger partial charge in [-0.15, -0.1) is 11.8 Å². The van der Waals surface area contributed by atoms with Gasteiger partial charge in [-0.2, -0.15) is 0 Å². The summed E-state index contributed by atoms with van der Waals surface area (Å²) in [6.45, 7) is 5.40. The van der Waals surface area contributed by atoms with Crippen molar-refractivity contribution in [2.75, 3.05) is 12.8 Å². The molecule has 1 aromatic rings. The van der Waals surface area contributed by atoms with Crippen molar-refractivity contribution in [3.63, 3.8) is 0 Å². The van der Waals surface area contributed by atoms with Crippen LogP contribution < -0.4 is 5.32 Å². The van der Waals surface area contributed by atoms with E-state index in [1.165, 1.54) is 11.8 Å². The van der Waals surface area contributed by atoms with Crippen LogP contribution in [-0.4, -0.2) is 18.8 Å². The molecule has 0 heterocycles. The van der Waals surface area contributed by atoms with Crippen molar-refractivity contribution in [3.05, 3.63) is 29.6 Å². The number of hydrogen-bond acceptors (Lipinski definition) is 2. The van der Waals surface area contributed by atoms with Gasteiger partial charge in [0.15, 0.2) is 0 Å². The molecule has 0 saturated heterocycles. The van der Waals surface area contributed by atoms with E-state index in [0.29, 0.717) is 17.9 Å². The lowest BCUT2D eigenvalue weighted by atomic mass is 9.67. The Hall–Kier alpha value is -0.540. The summed E-state index contributed by atoms with van der Waals surface area (Å²) >= 11 is 1.46. The Kier molecular flexibility index (Phi) is 4.10. The van der Waals surface area contributed by atoms with Gasteiger partial charge in [-0.05, 0) is 48.8 Å². The van der Waals surface area contributed by atoms with Crippen LogP contribution in [0, 0.1) is 11.7 Å². The summed E-state index contributed by atoms with van der Waals surface area (Å²) in [6.07, 6.45) is 3.04. The monoisotopic (exact) mass is 253 g/mol. The minimum atomic E-state index is -0.0749. The van der Waals surface area contributed by atoms with Crippen molar-refractivity contribution in [2.24, 2.45) is 5.92 Å². The van der Waals surface area contributed by atoms with E-state index in [0.717, 1.165) is 23.4 Å². The standard InChI is InChI=1S/C14H20FNS/c1-4-16-13-8-11(9(13)2)10-5-6-14(17-3)12(15)7-10/h5-7,9,11,13,16H,4,8H2,1-3H3. The van der Waals surface area contributed by atoms with Gasteiger partial charge in [0.25, 0.3) is 0 Å². The minimum Gasteiger partial charge on any atom is -0.314 e. The van der Waals surface area contributed by atoms with Crippen LogP contribution >= 0.6 is 11.8 Å². The van der Waals surface area contributed by atoms with E-state index in [1.807, 2.05) is 12.3 Å². The molecule has 1 fully saturated rings. The van der Waals surface area contributed by atoms with Gasteiger partial charge in [-0.1, -0.05) is 19.9 Å². The number of benzene rings is 1. The molecule has 3 atom stereocenters. The third-order valence-electron chi connectivity index (χ3n) is 3.85. The smallest absolute Gasteiger partial charge is 0.137 e. The summed E-state index contributed by atoms with van der Waals surface area (Å²) in [5.74, 6) is 1.05. The third-order valence-corrected chi connectivity index (χ3v) is 4.62. The molecule has 1 aliphatic rings. The van der Waals surface area contributed by atoms with E-state index in [-0.39, 0.29) is 5.82 Å². The van der Waals surface area contributed by atoms with Gasteiger partial charge in [0.2, 0.25) is 0 Å². The number of nitrogens with one attached hydrogen (secondary N) is 1. The Balaban J connectivity index is 2.07. The highest BCUT2D eigenvalue weighted by Gasteiger charge is 2.37. The topological polar surface area (TPSA) is 12.0 Å². The predicted molar refractivity (Wildman–Crippen MR) is 72.2 cm³/mol. The molecule has 1 aliphatic carbocycles. The van der Waals surface area contributed by atoms with Crippen molar-refractivity contribution in [1.29, 1.82) is 0 Å². The molecule has 0 amide bonds. The van der Waals surface area contributed by atoms with Gasteiger partial charge in [-0.25, -0.2) is 4.39 Å². The highest BCUT2D eigenvalue weighted by atomic mass is 32.2. The first-order valence-electron chi connectivity index (χ1n) is 6.24. The fourth-order valence-corrected chi connectivity index (χ4v) is 3.13. The quantitative estimate of drug-likeness (QED) is 0.822. The lowest BCUT2D eigenvalue weighted by molar-refractivity contribution is 0.186. The summed E-state index contributed by atoms with van der Waals surface area (Å²) in [5.41, 5.74) is 1.15. The molecule has 0 spiro atoms. The van der Waals surface area contributed by atoms with Crippen LogP contribution in [0.1, 0.15) is 31.7 Å². The molecule has 1 N–H and O–H groups in total. The fourth-order valence-electron chi connectivity index (χ4n) is 2.67. The summed E-state index contributed by atoms with van der Waals surface area (Å²) in [6, 6.07) is 6.31. The summed E-state index contributed by atoms with van der Waals surface area (Å²) in [4.78, 5) is 0.740. The lowest BCUT2D eigenvalue weighted by Gasteiger charge is -2.43. The number of halogens is 1. The van der Waals surface area contributed by atoms with Gasteiger partial charge >= 0.3 is 0 Å². The van der Waals surface area contributed by atoms with Crippen LogP contribution in [0.2, 0.25) is 0 Å². The molecule has 17 heavy (non-hydrogen) atoms. The van der Waals surface area contributed by atoms with Crippen molar-refractivity contribution >= 4 is 11.8 Å². The second-order valence-electron chi connectivity index (χ2n) is 4.76. The number of rotatable bonds is 4. The first kappa shape index (κ1) is 12.9. The predicted octanol–water partition coefficient (Wildman–Crippen LogP) is 3.65. The first-order chi connectivity index (χ1) is 8.17. The van der Waals surface area contributed by atoms with Crippen LogP contribution in [0.25, 0.3) is 0 Å². The van der Waals surface area contributed by atoms with E-state index in [9.17, 15) is 4.39 Å². The van der Waals surface area contributed by atoms with Crippen molar-refractivity contribution in [1.82, 2.24) is 5.32 Å². The molecule has 1 nitrogen and oxygen atoms in total. The highest BCUT2D eigenvalue weighted by molar-refractivity contribution is 7.98. The number of thioether (sulfide) groups is 1. The molecule has 1 saturated carbocycles. The normalized spacial score (nSPS) is 27.9. The van der Waals surface area contributed by atoms with Gasteiger partial charge in [0.1, 0.15) is 5.82 Å². The molecule has 0 bridgehead atoms. The van der Waals surface area contributed by atoms with E-state index in [2.05, 4.69) is 25.2 Å². The van der Waals surface area contributed by atoms with Crippen molar-refractivity contribution in [3.8, 4) is 0 Å². The maximum absolute atomic E-state index is 13.7. The Morgan fingerprint density at radius 1 is 1.47 bits per heavy atom. The van der Waals surface area contributed by atoms with Crippen molar-refractivity contribution in [2.45, 2.75) is 37.1 Å². The van der Waals surface area contributed by atoms with Crippen LogP contribution in [0.4, 0.5) is 4.39 Å². The second-order valence-corrected chi connectivity index (χ2v) is 5.61. The van der Waals surface area contributed by atoms with Gasteiger partial charge in [0.05, 0.1) is 0 Å². The van der Waals surface area contributed by atoms with Gasteiger partial charge < -0.3 is 5.32 Å². The zero-order valence-corrected chi connectivity index (χ0v) is 11.5. The zero-order chi connectivity index (χ0) is 12.4. The Morgan fingerprint density at radius 3 is 2.76 bits per heavy atom. The SMILES string of the molecule is CCNC1CC(c2ccc(SC)c(F)c2)C1C. The average molecular weight is 253 g/mol. The Morgan fingerprint density at radius 2 is 2.24 bits per heavy atom. The largest absolute Gasteiger partial charge is 0.314 e. The maximum atomic E-state index is 13.7. The molecule has 94 valence electrons. The van der Waals surface area contributed by atoms with E-state index >= 15 is 0 Å². The summed E-state index contributed by atoms with van der Waals surface area (Å²) < 4.78 is 13.7. The highest BCUT2D eigenvalue weighted by Crippen LogP contribution is 2.43. The molecule has 1 aromatic carbocycles. The van der Waals surface area contributed by atoms with Crippen LogP contribution in [0.5, 0.6) is 0 Å². The molecule has 3 heteroatoms. The first-order valence-corrected chi connectivity index (χ1v) is 7.46. The van der Waals surface area contributed by atoms with E-state index < -0.39 is 0 Å². The second kappa shape index (κ2) is 5.40. The van der Waals surface area contributed by atoms with Gasteiger partial charge in [0, 0.05) is 10.9 Å². The van der Waals surface area contributed by atoms with E-state index in [4.69, 9.17) is 0 Å². The maximum Gasteiger partial charge on any atom is 0.137 e. The molecular weight excluding hydrogens is 233 g/mol. The summed E-state index contributed by atoms with van der Waals surface area (Å²) in [7, 11) is 0. The molecule has 3 unspecified atom stereocenters. The molecule has 0 radical (unpaired) electrons. The molecule has 0 aliphatic heterocycles. The number of hydrogen-bond donors (Lipinski definition) is 1. The molecule has 0 aromatic heterocycles. The lowest BCUT2D eigenvalue weighted by Crippen LogP contribution is -2.47.